The van der Waals surface area contributed by atoms with Gasteiger partial charge in [-0.3, -0.25) is 9.69 Å². The Morgan fingerprint density at radius 1 is 1.67 bits per heavy atom. The third kappa shape index (κ3) is 5.43. The van der Waals surface area contributed by atoms with E-state index in [9.17, 15) is 4.79 Å². The minimum absolute atomic E-state index is 0.256. The highest BCUT2D eigenvalue weighted by Gasteiger charge is 2.09. The lowest BCUT2D eigenvalue weighted by Crippen LogP contribution is -2.37. The van der Waals surface area contributed by atoms with Crippen molar-refractivity contribution < 1.29 is 4.79 Å². The van der Waals surface area contributed by atoms with Crippen molar-refractivity contribution in [1.82, 2.24) is 4.90 Å². The van der Waals surface area contributed by atoms with Gasteiger partial charge in [-0.15, -0.1) is 0 Å². The maximum atomic E-state index is 10.6. The molecule has 0 aliphatic heterocycles. The Balaban J connectivity index is 3.60. The van der Waals surface area contributed by atoms with Gasteiger partial charge in [0.2, 0.25) is 5.91 Å². The van der Waals surface area contributed by atoms with E-state index in [1.165, 1.54) is 0 Å². The number of nitrogens with two attached hydrogens (primary N) is 1. The average molecular weight is 190 g/mol. The molecule has 1 amide bonds. The first-order chi connectivity index (χ1) is 5.57. The van der Waals surface area contributed by atoms with E-state index in [0.717, 1.165) is 12.2 Å². The molecule has 0 saturated carbocycles. The largest absolute Gasteiger partial charge is 0.369 e. The van der Waals surface area contributed by atoms with Gasteiger partial charge < -0.3 is 5.73 Å². The molecule has 0 bridgehead atoms. The zero-order valence-electron chi connectivity index (χ0n) is 8.04. The average Bonchev–Trinajstić information content (AvgIpc) is 1.98. The molecule has 12 heavy (non-hydrogen) atoms. The van der Waals surface area contributed by atoms with Crippen LogP contribution in [0, 0.1) is 0 Å². The normalized spacial score (nSPS) is 13.3. The Labute approximate surface area is 78.7 Å². The van der Waals surface area contributed by atoms with Gasteiger partial charge in [-0.25, -0.2) is 0 Å². The Morgan fingerprint density at radius 2 is 2.25 bits per heavy atom. The first-order valence-corrected chi connectivity index (χ1v) is 5.44. The highest BCUT2D eigenvalue weighted by molar-refractivity contribution is 7.98. The highest BCUT2D eigenvalue weighted by atomic mass is 32.2. The molecule has 0 aromatic heterocycles. The molecule has 0 heterocycles. The van der Waals surface area contributed by atoms with Gasteiger partial charge in [-0.2, -0.15) is 11.8 Å². The maximum Gasteiger partial charge on any atom is 0.231 e. The lowest BCUT2D eigenvalue weighted by atomic mass is 10.2. The quantitative estimate of drug-likeness (QED) is 0.665. The number of thioether (sulfide) groups is 1. The summed E-state index contributed by atoms with van der Waals surface area (Å²) in [6, 6.07) is 0.435. The van der Waals surface area contributed by atoms with Crippen molar-refractivity contribution >= 4 is 17.7 Å². The number of hydrogen-bond donors (Lipinski definition) is 1. The second-order valence-corrected chi connectivity index (χ2v) is 4.00. The van der Waals surface area contributed by atoms with Crippen molar-refractivity contribution in [3.8, 4) is 0 Å². The van der Waals surface area contributed by atoms with Crippen LogP contribution in [0.4, 0.5) is 0 Å². The van der Waals surface area contributed by atoms with Gasteiger partial charge in [0.15, 0.2) is 0 Å². The monoisotopic (exact) mass is 190 g/mol. The van der Waals surface area contributed by atoms with Crippen LogP contribution in [-0.2, 0) is 4.79 Å². The molecule has 1 atom stereocenters. The van der Waals surface area contributed by atoms with Gasteiger partial charge >= 0.3 is 0 Å². The lowest BCUT2D eigenvalue weighted by Gasteiger charge is -2.22. The van der Waals surface area contributed by atoms with Crippen molar-refractivity contribution in [2.45, 2.75) is 19.4 Å². The van der Waals surface area contributed by atoms with E-state index in [2.05, 4.69) is 13.2 Å². The molecule has 0 aliphatic carbocycles. The molecule has 0 aromatic rings. The first kappa shape index (κ1) is 11.8. The fourth-order valence-corrected chi connectivity index (χ4v) is 1.49. The molecule has 0 saturated heterocycles. The molecular formula is C8H18N2OS. The molecule has 72 valence electrons. The molecule has 2 N–H and O–H groups in total. The smallest absolute Gasteiger partial charge is 0.231 e. The molecule has 0 fully saturated rings. The molecule has 0 spiro atoms. The second kappa shape index (κ2) is 6.31. The van der Waals surface area contributed by atoms with E-state index in [4.69, 9.17) is 5.73 Å². The van der Waals surface area contributed by atoms with Crippen LogP contribution in [0.15, 0.2) is 0 Å². The Bertz CT molecular complexity index is 141. The Hall–Kier alpha value is -0.220. The molecule has 0 rings (SSSR count). The van der Waals surface area contributed by atoms with Crippen molar-refractivity contribution in [2.24, 2.45) is 5.73 Å². The Kier molecular flexibility index (Phi) is 6.20. The summed E-state index contributed by atoms with van der Waals surface area (Å²) in [5.74, 6) is 0.873. The van der Waals surface area contributed by atoms with Crippen LogP contribution in [0.3, 0.4) is 0 Å². The number of nitrogens with zero attached hydrogens (tertiary/aromatic N) is 1. The Morgan fingerprint density at radius 3 is 2.67 bits per heavy atom. The summed E-state index contributed by atoms with van der Waals surface area (Å²) in [6.07, 6.45) is 3.19. The van der Waals surface area contributed by atoms with Crippen molar-refractivity contribution in [3.63, 3.8) is 0 Å². The van der Waals surface area contributed by atoms with E-state index in [1.54, 1.807) is 0 Å². The van der Waals surface area contributed by atoms with Crippen molar-refractivity contribution in [2.75, 3.05) is 25.6 Å². The van der Waals surface area contributed by atoms with Crippen LogP contribution >= 0.6 is 11.8 Å². The van der Waals surface area contributed by atoms with E-state index >= 15 is 0 Å². The molecule has 0 aromatic carbocycles. The summed E-state index contributed by atoms with van der Waals surface area (Å²) >= 11 is 1.82. The van der Waals surface area contributed by atoms with Crippen molar-refractivity contribution in [1.29, 1.82) is 0 Å². The SMILES string of the molecule is CSCCC(C)N(C)CC(N)=O. The number of amides is 1. The van der Waals surface area contributed by atoms with Crippen LogP contribution < -0.4 is 5.73 Å². The number of hydrogen-bond acceptors (Lipinski definition) is 3. The van der Waals surface area contributed by atoms with Gasteiger partial charge in [0.05, 0.1) is 6.54 Å². The van der Waals surface area contributed by atoms with E-state index in [1.807, 2.05) is 23.7 Å². The van der Waals surface area contributed by atoms with E-state index in [-0.39, 0.29) is 5.91 Å². The third-order valence-corrected chi connectivity index (χ3v) is 2.54. The number of likely N-dealkylation sites (N-methyl/N-ethyl adjacent to an activating group) is 1. The molecule has 1 unspecified atom stereocenters. The topological polar surface area (TPSA) is 46.3 Å². The molecule has 0 aliphatic rings. The van der Waals surface area contributed by atoms with Gasteiger partial charge in [0, 0.05) is 6.04 Å². The highest BCUT2D eigenvalue weighted by Crippen LogP contribution is 2.04. The zero-order valence-corrected chi connectivity index (χ0v) is 8.86. The van der Waals surface area contributed by atoms with Gasteiger partial charge in [-0.05, 0) is 32.4 Å². The summed E-state index contributed by atoms with van der Waals surface area (Å²) in [4.78, 5) is 12.5. The number of primary amides is 1. The molecule has 3 nitrogen and oxygen atoms in total. The van der Waals surface area contributed by atoms with Crippen LogP contribution in [-0.4, -0.2) is 42.4 Å². The summed E-state index contributed by atoms with van der Waals surface area (Å²) in [7, 11) is 1.93. The summed E-state index contributed by atoms with van der Waals surface area (Å²) < 4.78 is 0. The number of carbonyl (C=O) groups is 1. The number of rotatable bonds is 6. The minimum Gasteiger partial charge on any atom is -0.369 e. The summed E-state index contributed by atoms with van der Waals surface area (Å²) in [5, 5.41) is 0. The van der Waals surface area contributed by atoms with Crippen LogP contribution in [0.25, 0.3) is 0 Å². The molecule has 4 heteroatoms. The molecule has 0 radical (unpaired) electrons. The molecular weight excluding hydrogens is 172 g/mol. The van der Waals surface area contributed by atoms with E-state index < -0.39 is 0 Å². The fraction of sp³-hybridized carbons (Fsp3) is 0.875. The first-order valence-electron chi connectivity index (χ1n) is 4.05. The standard InChI is InChI=1S/C8H18N2OS/c1-7(4-5-12-3)10(2)6-8(9)11/h7H,4-6H2,1-3H3,(H2,9,11). The fourth-order valence-electron chi connectivity index (χ4n) is 0.910. The minimum atomic E-state index is -0.256. The van der Waals surface area contributed by atoms with Crippen LogP contribution in [0.5, 0.6) is 0 Å². The predicted molar refractivity (Wildman–Crippen MR) is 54.3 cm³/mol. The van der Waals surface area contributed by atoms with Crippen LogP contribution in [0.1, 0.15) is 13.3 Å². The van der Waals surface area contributed by atoms with Gasteiger partial charge in [0.1, 0.15) is 0 Å². The second-order valence-electron chi connectivity index (χ2n) is 3.01. The van der Waals surface area contributed by atoms with E-state index in [0.29, 0.717) is 12.6 Å². The van der Waals surface area contributed by atoms with Gasteiger partial charge in [0.25, 0.3) is 0 Å². The van der Waals surface area contributed by atoms with Crippen LogP contribution in [0.2, 0.25) is 0 Å². The van der Waals surface area contributed by atoms with Crippen molar-refractivity contribution in [3.05, 3.63) is 0 Å². The zero-order chi connectivity index (χ0) is 9.56. The summed E-state index contributed by atoms with van der Waals surface area (Å²) in [5.41, 5.74) is 5.07. The maximum absolute atomic E-state index is 10.6. The third-order valence-electron chi connectivity index (χ3n) is 1.90. The summed E-state index contributed by atoms with van der Waals surface area (Å²) in [6.45, 7) is 2.47. The van der Waals surface area contributed by atoms with Gasteiger partial charge in [-0.1, -0.05) is 0 Å². The lowest BCUT2D eigenvalue weighted by molar-refractivity contribution is -0.119. The number of carbonyl (C=O) groups excluding carboxylic acids is 1. The predicted octanol–water partition coefficient (Wildman–Crippen LogP) is 0.545.